The number of benzene rings is 2. The molecule has 0 saturated heterocycles. The van der Waals surface area contributed by atoms with Gasteiger partial charge >= 0.3 is 6.09 Å². The molecule has 2 heterocycles. The van der Waals surface area contributed by atoms with E-state index in [9.17, 15) is 14.4 Å². The standard InChI is InChI=1S/C25H20Cl2N6O4/c1-14-11-16(26)12-17(23(34)30-31-25(36)37-2)21(14)29-24(35)20-13-19(15-7-4-3-5-8-15)32-33(20)22-18(27)9-6-10-28-22/h3-13H,1-2H3,(H,29,35)(H,30,34)(H,31,36). The molecule has 0 aliphatic rings. The lowest BCUT2D eigenvalue weighted by Gasteiger charge is -2.15. The van der Waals surface area contributed by atoms with E-state index in [1.54, 1.807) is 31.2 Å². The maximum Gasteiger partial charge on any atom is 0.425 e. The van der Waals surface area contributed by atoms with E-state index < -0.39 is 17.9 Å². The third-order valence-corrected chi connectivity index (χ3v) is 5.71. The average molecular weight is 539 g/mol. The fraction of sp³-hybridized carbons (Fsp3) is 0.0800. The highest BCUT2D eigenvalue weighted by Crippen LogP contribution is 2.28. The summed E-state index contributed by atoms with van der Waals surface area (Å²) in [6.07, 6.45) is 0.662. The Bertz CT molecular complexity index is 1490. The number of nitrogens with one attached hydrogen (secondary N) is 3. The number of pyridine rings is 1. The monoisotopic (exact) mass is 538 g/mol. The van der Waals surface area contributed by atoms with Crippen molar-refractivity contribution >= 4 is 46.8 Å². The predicted molar refractivity (Wildman–Crippen MR) is 139 cm³/mol. The zero-order chi connectivity index (χ0) is 26.5. The second-order valence-corrected chi connectivity index (χ2v) is 8.52. The van der Waals surface area contributed by atoms with Crippen LogP contribution >= 0.6 is 23.2 Å². The fourth-order valence-electron chi connectivity index (χ4n) is 3.48. The Morgan fingerprint density at radius 1 is 0.946 bits per heavy atom. The van der Waals surface area contributed by atoms with Crippen molar-refractivity contribution < 1.29 is 19.1 Å². The lowest BCUT2D eigenvalue weighted by molar-refractivity contribution is 0.0921. The molecule has 2 aromatic carbocycles. The van der Waals surface area contributed by atoms with Gasteiger partial charge in [0.15, 0.2) is 5.82 Å². The molecule has 37 heavy (non-hydrogen) atoms. The minimum atomic E-state index is -0.873. The molecule has 0 saturated carbocycles. The van der Waals surface area contributed by atoms with Gasteiger partial charge in [-0.15, -0.1) is 0 Å². The molecule has 2 aromatic heterocycles. The molecule has 188 valence electrons. The molecule has 3 N–H and O–H groups in total. The Hall–Kier alpha value is -4.41. The first-order valence-electron chi connectivity index (χ1n) is 10.8. The van der Waals surface area contributed by atoms with Gasteiger partial charge in [0.1, 0.15) is 5.69 Å². The number of aromatic nitrogens is 3. The van der Waals surface area contributed by atoms with Crippen LogP contribution in [-0.2, 0) is 4.74 Å². The third kappa shape index (κ3) is 5.71. The Balaban J connectivity index is 1.75. The number of hydrogen-bond acceptors (Lipinski definition) is 6. The maximum atomic E-state index is 13.6. The predicted octanol–water partition coefficient (Wildman–Crippen LogP) is 4.80. The molecule has 4 rings (SSSR count). The average Bonchev–Trinajstić information content (AvgIpc) is 3.34. The Labute approximate surface area is 221 Å². The number of methoxy groups -OCH3 is 1. The summed E-state index contributed by atoms with van der Waals surface area (Å²) in [5.74, 6) is -1.06. The van der Waals surface area contributed by atoms with Crippen LogP contribution in [0.25, 0.3) is 17.1 Å². The van der Waals surface area contributed by atoms with Gasteiger partial charge in [-0.05, 0) is 42.8 Å². The summed E-state index contributed by atoms with van der Waals surface area (Å²) in [7, 11) is 1.15. The zero-order valence-corrected chi connectivity index (χ0v) is 21.1. The number of anilines is 1. The number of amides is 3. The van der Waals surface area contributed by atoms with Crippen LogP contribution in [0.15, 0.2) is 66.9 Å². The number of hydrogen-bond donors (Lipinski definition) is 3. The molecule has 0 bridgehead atoms. The number of rotatable bonds is 5. The Morgan fingerprint density at radius 3 is 2.41 bits per heavy atom. The topological polar surface area (TPSA) is 127 Å². The molecule has 10 nitrogen and oxygen atoms in total. The van der Waals surface area contributed by atoms with Gasteiger partial charge in [-0.2, -0.15) is 5.10 Å². The van der Waals surface area contributed by atoms with Crippen LogP contribution in [0.4, 0.5) is 10.5 Å². The van der Waals surface area contributed by atoms with Crippen LogP contribution in [0.2, 0.25) is 10.0 Å². The summed E-state index contributed by atoms with van der Waals surface area (Å²) in [4.78, 5) is 42.0. The van der Waals surface area contributed by atoms with Crippen LogP contribution in [0, 0.1) is 6.92 Å². The molecule has 0 unspecified atom stereocenters. The first-order valence-corrected chi connectivity index (χ1v) is 11.6. The zero-order valence-electron chi connectivity index (χ0n) is 19.6. The van der Waals surface area contributed by atoms with E-state index in [4.69, 9.17) is 23.2 Å². The van der Waals surface area contributed by atoms with Gasteiger partial charge in [0.2, 0.25) is 0 Å². The Kier molecular flexibility index (Phi) is 7.71. The molecule has 0 fully saturated rings. The molecule has 0 spiro atoms. The van der Waals surface area contributed by atoms with Crippen LogP contribution in [0.3, 0.4) is 0 Å². The van der Waals surface area contributed by atoms with E-state index >= 15 is 0 Å². The molecule has 3 amide bonds. The van der Waals surface area contributed by atoms with Crippen molar-refractivity contribution in [1.82, 2.24) is 25.6 Å². The van der Waals surface area contributed by atoms with Crippen LogP contribution in [0.1, 0.15) is 26.4 Å². The molecule has 0 aliphatic heterocycles. The van der Waals surface area contributed by atoms with E-state index in [0.717, 1.165) is 12.7 Å². The van der Waals surface area contributed by atoms with Gasteiger partial charge in [-0.25, -0.2) is 19.9 Å². The van der Waals surface area contributed by atoms with E-state index in [2.05, 4.69) is 31.0 Å². The van der Waals surface area contributed by atoms with Gasteiger partial charge in [0, 0.05) is 16.8 Å². The number of carbonyl (C=O) groups is 3. The molecular formula is C25H20Cl2N6O4. The number of ether oxygens (including phenoxy) is 1. The summed E-state index contributed by atoms with van der Waals surface area (Å²) in [5, 5.41) is 7.89. The van der Waals surface area contributed by atoms with Gasteiger partial charge in [-0.3, -0.25) is 15.0 Å². The number of carbonyl (C=O) groups excluding carboxylic acids is 3. The minimum Gasteiger partial charge on any atom is -0.452 e. The summed E-state index contributed by atoms with van der Waals surface area (Å²) >= 11 is 12.5. The van der Waals surface area contributed by atoms with Gasteiger partial charge in [0.05, 0.1) is 29.1 Å². The lowest BCUT2D eigenvalue weighted by atomic mass is 10.1. The molecular weight excluding hydrogens is 519 g/mol. The van der Waals surface area contributed by atoms with E-state index in [-0.39, 0.29) is 32.8 Å². The SMILES string of the molecule is COC(=O)NNC(=O)c1cc(Cl)cc(C)c1NC(=O)c1cc(-c2ccccc2)nn1-c1ncccc1Cl. The van der Waals surface area contributed by atoms with Gasteiger partial charge in [-0.1, -0.05) is 53.5 Å². The number of aryl methyl sites for hydroxylation is 1. The Morgan fingerprint density at radius 2 is 1.70 bits per heavy atom. The fourth-order valence-corrected chi connectivity index (χ4v) is 3.95. The number of halogens is 2. The van der Waals surface area contributed by atoms with Crippen molar-refractivity contribution in [3.8, 4) is 17.1 Å². The van der Waals surface area contributed by atoms with Crippen LogP contribution < -0.4 is 16.2 Å². The molecule has 0 atom stereocenters. The number of nitrogens with zero attached hydrogens (tertiary/aromatic N) is 3. The van der Waals surface area contributed by atoms with Crippen LogP contribution in [0.5, 0.6) is 0 Å². The van der Waals surface area contributed by atoms with Crippen LogP contribution in [-0.4, -0.2) is 39.8 Å². The molecule has 12 heteroatoms. The highest BCUT2D eigenvalue weighted by atomic mass is 35.5. The maximum absolute atomic E-state index is 13.6. The molecule has 0 radical (unpaired) electrons. The summed E-state index contributed by atoms with van der Waals surface area (Å²) in [6, 6.07) is 17.1. The largest absolute Gasteiger partial charge is 0.452 e. The van der Waals surface area contributed by atoms with Crippen molar-refractivity contribution in [2.45, 2.75) is 6.92 Å². The number of hydrazine groups is 1. The molecule has 4 aromatic rings. The normalized spacial score (nSPS) is 10.5. The van der Waals surface area contributed by atoms with E-state index in [1.807, 2.05) is 30.3 Å². The van der Waals surface area contributed by atoms with Crippen molar-refractivity contribution in [2.24, 2.45) is 0 Å². The first kappa shape index (κ1) is 25.7. The minimum absolute atomic E-state index is 0.0139. The first-order chi connectivity index (χ1) is 17.8. The highest BCUT2D eigenvalue weighted by molar-refractivity contribution is 6.32. The van der Waals surface area contributed by atoms with E-state index in [0.29, 0.717) is 11.3 Å². The van der Waals surface area contributed by atoms with Gasteiger partial charge in [0.25, 0.3) is 11.8 Å². The van der Waals surface area contributed by atoms with Crippen molar-refractivity contribution in [3.05, 3.63) is 93.7 Å². The second-order valence-electron chi connectivity index (χ2n) is 7.67. The van der Waals surface area contributed by atoms with Crippen molar-refractivity contribution in [1.29, 1.82) is 0 Å². The van der Waals surface area contributed by atoms with E-state index in [1.165, 1.54) is 16.9 Å². The van der Waals surface area contributed by atoms with Crippen molar-refractivity contribution in [2.75, 3.05) is 12.4 Å². The van der Waals surface area contributed by atoms with Gasteiger partial charge < -0.3 is 10.1 Å². The molecule has 0 aliphatic carbocycles. The summed E-state index contributed by atoms with van der Waals surface area (Å²) in [6.45, 7) is 1.67. The van der Waals surface area contributed by atoms with Crippen molar-refractivity contribution in [3.63, 3.8) is 0 Å². The summed E-state index contributed by atoms with van der Waals surface area (Å²) < 4.78 is 5.79. The quantitative estimate of drug-likeness (QED) is 0.313. The third-order valence-electron chi connectivity index (χ3n) is 5.20. The smallest absolute Gasteiger partial charge is 0.425 e. The second kappa shape index (κ2) is 11.1. The summed E-state index contributed by atoms with van der Waals surface area (Å²) in [5.41, 5.74) is 6.41. The highest BCUT2D eigenvalue weighted by Gasteiger charge is 2.23. The lowest BCUT2D eigenvalue weighted by Crippen LogP contribution is -2.41.